The maximum atomic E-state index is 12.2. The van der Waals surface area contributed by atoms with E-state index in [1.165, 1.54) is 11.9 Å². The van der Waals surface area contributed by atoms with E-state index in [0.29, 0.717) is 32.2 Å². The number of aryl methyl sites for hydroxylation is 1. The van der Waals surface area contributed by atoms with Crippen LogP contribution < -0.4 is 10.9 Å². The van der Waals surface area contributed by atoms with Crippen LogP contribution in [0.25, 0.3) is 0 Å². The fourth-order valence-electron chi connectivity index (χ4n) is 5.34. The number of hydrogen-bond donors (Lipinski definition) is 2. The lowest BCUT2D eigenvalue weighted by atomic mass is 9.53. The molecule has 4 aromatic carbocycles. The molecule has 0 radical (unpaired) electrons. The molecule has 48 heavy (non-hydrogen) atoms. The van der Waals surface area contributed by atoms with Crippen LogP contribution in [0.1, 0.15) is 77.1 Å². The summed E-state index contributed by atoms with van der Waals surface area (Å²) >= 11 is 4.64. The molecule has 0 saturated heterocycles. The maximum absolute atomic E-state index is 12.2. The van der Waals surface area contributed by atoms with Gasteiger partial charge in [0.15, 0.2) is 11.6 Å². The predicted molar refractivity (Wildman–Crippen MR) is 201 cm³/mol. The Kier molecular flexibility index (Phi) is 21.7. The topological polar surface area (TPSA) is 83.8 Å². The lowest BCUT2D eigenvalue weighted by Crippen LogP contribution is -2.41. The number of alkyl halides is 2. The third kappa shape index (κ3) is 13.2. The highest BCUT2D eigenvalue weighted by Crippen LogP contribution is 2.16. The molecular formula is C39H50B2ClFO5. The second-order valence-electron chi connectivity index (χ2n) is 10.4. The van der Waals surface area contributed by atoms with Crippen LogP contribution in [0.3, 0.4) is 0 Å². The van der Waals surface area contributed by atoms with Gasteiger partial charge < -0.3 is 14.7 Å². The Hall–Kier alpha value is -3.55. The number of benzene rings is 4. The number of hydrogen-bond acceptors (Lipinski definition) is 5. The van der Waals surface area contributed by atoms with Gasteiger partial charge in [0.05, 0.1) is 7.18 Å². The number of Topliss-reactive ketones (excluding diaryl/α,β-unsaturated/α-hetero) is 2. The fraction of sp³-hybridized carbons (Fsp3) is 0.333. The largest absolute Gasteiger partial charge is 0.491 e. The minimum atomic E-state index is -0.870. The van der Waals surface area contributed by atoms with Gasteiger partial charge in [-0.2, -0.15) is 0 Å². The summed E-state index contributed by atoms with van der Waals surface area (Å²) in [6.07, 6.45) is 5.90. The van der Waals surface area contributed by atoms with Crippen LogP contribution in [-0.4, -0.2) is 55.8 Å². The third-order valence-corrected chi connectivity index (χ3v) is 7.54. The average Bonchev–Trinajstić information content (AvgIpc) is 3.16. The molecule has 0 unspecified atom stereocenters. The first-order chi connectivity index (χ1) is 23.5. The molecule has 256 valence electrons. The van der Waals surface area contributed by atoms with E-state index >= 15 is 0 Å². The van der Waals surface area contributed by atoms with Crippen LogP contribution in [0.4, 0.5) is 4.39 Å². The van der Waals surface area contributed by atoms with Gasteiger partial charge in [0.2, 0.25) is 0 Å². The molecule has 2 heterocycles. The highest BCUT2D eigenvalue weighted by atomic mass is 35.5. The van der Waals surface area contributed by atoms with Crippen molar-refractivity contribution < 1.29 is 28.7 Å². The van der Waals surface area contributed by atoms with Gasteiger partial charge in [0.25, 0.3) is 0 Å². The summed E-state index contributed by atoms with van der Waals surface area (Å²) in [7, 11) is -0.370. The first kappa shape index (κ1) is 42.5. The lowest BCUT2D eigenvalue weighted by Gasteiger charge is -2.19. The van der Waals surface area contributed by atoms with Gasteiger partial charge in [0.1, 0.15) is 0 Å². The van der Waals surface area contributed by atoms with Crippen molar-refractivity contribution in [1.82, 2.24) is 0 Å². The molecule has 5 nitrogen and oxygen atoms in total. The zero-order chi connectivity index (χ0) is 35.9. The molecule has 0 atom stereocenters. The van der Waals surface area contributed by atoms with Crippen molar-refractivity contribution in [3.63, 3.8) is 0 Å². The van der Waals surface area contributed by atoms with E-state index in [1.54, 1.807) is 0 Å². The number of ketones is 2. The number of carbonyl (C=O) groups is 2. The number of carbonyl (C=O) groups excluding carboxylic acids is 2. The minimum absolute atomic E-state index is 0.0803. The van der Waals surface area contributed by atoms with Crippen LogP contribution in [-0.2, 0) is 30.3 Å². The summed E-state index contributed by atoms with van der Waals surface area (Å²) in [4.78, 5) is 24.4. The van der Waals surface area contributed by atoms with Crippen LogP contribution in [0.15, 0.2) is 97.1 Å². The van der Waals surface area contributed by atoms with E-state index in [2.05, 4.69) is 17.7 Å². The van der Waals surface area contributed by atoms with E-state index in [4.69, 9.17) is 4.65 Å². The smallest absolute Gasteiger partial charge is 0.446 e. The standard InChI is InChI=1S/C17H17BO2.C16H15BO3.2C2H6.CH3Cl.CH3F/c19-17(15-5-2-1-3-6-15)12-13-8-9-14-7-4-10-18(20)16(14)11-13;18-16(14-4-2-1-3-5-14)11-12-6-7-13-8-9-20-17(19)15(13)10-12;4*1-2/h1-3,5-6,8-9,11,20H,4,7,10,12H2;1-7,10,19H,8-9,11H2;2*1-2H3;2*1H3. The highest BCUT2D eigenvalue weighted by molar-refractivity contribution is 6.67. The quantitative estimate of drug-likeness (QED) is 0.129. The van der Waals surface area contributed by atoms with E-state index in [9.17, 15) is 24.0 Å². The Morgan fingerprint density at radius 1 is 0.688 bits per heavy atom. The van der Waals surface area contributed by atoms with Crippen molar-refractivity contribution >= 4 is 48.1 Å². The minimum Gasteiger partial charge on any atom is -0.446 e. The predicted octanol–water partition coefficient (Wildman–Crippen LogP) is 7.11. The summed E-state index contributed by atoms with van der Waals surface area (Å²) in [6, 6.07) is 30.5. The molecule has 0 aromatic heterocycles. The Morgan fingerprint density at radius 2 is 1.12 bits per heavy atom. The Morgan fingerprint density at radius 3 is 1.60 bits per heavy atom. The van der Waals surface area contributed by atoms with Crippen molar-refractivity contribution in [3.8, 4) is 0 Å². The van der Waals surface area contributed by atoms with E-state index in [1.807, 2.05) is 119 Å². The van der Waals surface area contributed by atoms with Gasteiger partial charge in [-0.25, -0.2) is 0 Å². The normalized spacial score (nSPS) is 12.1. The molecule has 9 heteroatoms. The van der Waals surface area contributed by atoms with Gasteiger partial charge in [-0.15, -0.1) is 11.6 Å². The molecule has 0 spiro atoms. The molecule has 0 saturated carbocycles. The van der Waals surface area contributed by atoms with E-state index in [-0.39, 0.29) is 18.5 Å². The summed E-state index contributed by atoms with van der Waals surface area (Å²) in [5.41, 5.74) is 7.46. The summed E-state index contributed by atoms with van der Waals surface area (Å²) in [6.45, 7) is 8.17. The van der Waals surface area contributed by atoms with Crippen molar-refractivity contribution in [2.24, 2.45) is 0 Å². The zero-order valence-electron chi connectivity index (χ0n) is 29.2. The number of fused-ring (bicyclic) bond motifs is 2. The Balaban J connectivity index is 0.000000398. The van der Waals surface area contributed by atoms with E-state index < -0.39 is 7.12 Å². The molecule has 0 amide bonds. The van der Waals surface area contributed by atoms with Gasteiger partial charge >= 0.3 is 14.0 Å². The Labute approximate surface area is 292 Å². The Bertz CT molecular complexity index is 1380. The SMILES string of the molecule is CC.CC.CCl.CF.O=C(Cc1ccc2c(c1)B(O)CCC2)c1ccccc1.O=C(Cc1ccc2c(c1)B(O)OCC2)c1ccccc1. The first-order valence-corrected chi connectivity index (χ1v) is 17.4. The molecule has 0 fully saturated rings. The molecule has 6 rings (SSSR count). The maximum Gasteiger partial charge on any atom is 0.491 e. The van der Waals surface area contributed by atoms with Crippen molar-refractivity contribution in [1.29, 1.82) is 0 Å². The lowest BCUT2D eigenvalue weighted by molar-refractivity contribution is 0.0985. The molecule has 4 aromatic rings. The van der Waals surface area contributed by atoms with Crippen molar-refractivity contribution in [2.45, 2.75) is 66.1 Å². The van der Waals surface area contributed by atoms with Crippen molar-refractivity contribution in [3.05, 3.63) is 130 Å². The molecule has 2 N–H and O–H groups in total. The second-order valence-corrected chi connectivity index (χ2v) is 10.4. The van der Waals surface area contributed by atoms with Crippen LogP contribution in [0.2, 0.25) is 6.32 Å². The number of rotatable bonds is 6. The van der Waals surface area contributed by atoms with E-state index in [0.717, 1.165) is 58.8 Å². The van der Waals surface area contributed by atoms with Gasteiger partial charge in [-0.1, -0.05) is 137 Å². The van der Waals surface area contributed by atoms with Gasteiger partial charge in [-0.3, -0.25) is 14.0 Å². The van der Waals surface area contributed by atoms with Gasteiger partial charge in [-0.05, 0) is 46.8 Å². The average molecular weight is 675 g/mol. The molecule has 2 aliphatic heterocycles. The second kappa shape index (κ2) is 24.6. The monoisotopic (exact) mass is 674 g/mol. The fourth-order valence-corrected chi connectivity index (χ4v) is 5.34. The molecular weight excluding hydrogens is 624 g/mol. The molecule has 2 aliphatic rings. The molecule has 0 bridgehead atoms. The first-order valence-electron chi connectivity index (χ1n) is 16.6. The number of halogens is 2. The molecule has 0 aliphatic carbocycles. The van der Waals surface area contributed by atoms with Crippen molar-refractivity contribution in [2.75, 3.05) is 20.2 Å². The zero-order valence-corrected chi connectivity index (χ0v) is 30.0. The van der Waals surface area contributed by atoms with Gasteiger partial charge in [0, 0.05) is 37.0 Å². The van der Waals surface area contributed by atoms with Crippen LogP contribution >= 0.6 is 11.6 Å². The van der Waals surface area contributed by atoms with Crippen LogP contribution in [0, 0.1) is 0 Å². The summed E-state index contributed by atoms with van der Waals surface area (Å²) in [5.74, 6) is 0.201. The summed E-state index contributed by atoms with van der Waals surface area (Å²) < 4.78 is 14.7. The van der Waals surface area contributed by atoms with Crippen LogP contribution in [0.5, 0.6) is 0 Å². The third-order valence-electron chi connectivity index (χ3n) is 7.54. The summed E-state index contributed by atoms with van der Waals surface area (Å²) in [5, 5.41) is 19.9. The highest BCUT2D eigenvalue weighted by Gasteiger charge is 2.25.